The van der Waals surface area contributed by atoms with Crippen molar-refractivity contribution in [3.05, 3.63) is 17.8 Å². The molecule has 1 aromatic rings. The lowest BCUT2D eigenvalue weighted by Gasteiger charge is -2.15. The van der Waals surface area contributed by atoms with Crippen molar-refractivity contribution >= 4 is 0 Å². The number of nitrogens with zero attached hydrogens (tertiary/aromatic N) is 2. The molecule has 0 aliphatic carbocycles. The highest BCUT2D eigenvalue weighted by Gasteiger charge is 2.26. The Morgan fingerprint density at radius 1 is 1.71 bits per heavy atom. The number of rotatable bonds is 3. The van der Waals surface area contributed by atoms with E-state index in [1.165, 1.54) is 6.42 Å². The van der Waals surface area contributed by atoms with E-state index >= 15 is 0 Å². The van der Waals surface area contributed by atoms with Gasteiger partial charge in [0, 0.05) is 6.42 Å². The molecule has 1 atom stereocenters. The zero-order valence-electron chi connectivity index (χ0n) is 8.44. The van der Waals surface area contributed by atoms with E-state index < -0.39 is 0 Å². The monoisotopic (exact) mass is 196 g/mol. The Hall–Kier alpha value is -0.870. The van der Waals surface area contributed by atoms with Crippen LogP contribution < -0.4 is 0 Å². The second-order valence-corrected chi connectivity index (χ2v) is 3.78. The van der Waals surface area contributed by atoms with Crippen LogP contribution in [0.5, 0.6) is 0 Å². The van der Waals surface area contributed by atoms with Crippen LogP contribution in [0.4, 0.5) is 0 Å². The molecule has 0 saturated carbocycles. The van der Waals surface area contributed by atoms with Gasteiger partial charge in [0.25, 0.3) is 0 Å². The first-order valence-electron chi connectivity index (χ1n) is 5.07. The molecule has 4 nitrogen and oxygen atoms in total. The molecule has 1 N–H and O–H groups in total. The van der Waals surface area contributed by atoms with Crippen LogP contribution in [-0.4, -0.2) is 35.2 Å². The molecule has 14 heavy (non-hydrogen) atoms. The minimum atomic E-state index is 0.120. The topological polar surface area (TPSA) is 49.5 Å². The summed E-state index contributed by atoms with van der Waals surface area (Å²) >= 11 is 0. The first kappa shape index (κ1) is 9.68. The minimum absolute atomic E-state index is 0.120. The second kappa shape index (κ2) is 4.11. The van der Waals surface area contributed by atoms with Gasteiger partial charge < -0.3 is 9.52 Å². The lowest BCUT2D eigenvalue weighted by Crippen LogP contribution is -2.17. The van der Waals surface area contributed by atoms with Crippen molar-refractivity contribution in [3.63, 3.8) is 0 Å². The zero-order valence-corrected chi connectivity index (χ0v) is 8.44. The average molecular weight is 196 g/mol. The van der Waals surface area contributed by atoms with Crippen LogP contribution >= 0.6 is 0 Å². The summed E-state index contributed by atoms with van der Waals surface area (Å²) in [4.78, 5) is 6.51. The Labute approximate surface area is 83.5 Å². The van der Waals surface area contributed by atoms with E-state index in [1.807, 2.05) is 0 Å². The number of aliphatic hydroxyl groups is 1. The minimum Gasteiger partial charge on any atom is -0.444 e. The van der Waals surface area contributed by atoms with E-state index in [0.29, 0.717) is 12.5 Å². The second-order valence-electron chi connectivity index (χ2n) is 3.78. The fourth-order valence-electron chi connectivity index (χ4n) is 1.92. The molecule has 2 rings (SSSR count). The van der Waals surface area contributed by atoms with Crippen molar-refractivity contribution in [1.29, 1.82) is 0 Å². The summed E-state index contributed by atoms with van der Waals surface area (Å²) in [6, 6.07) is 0.336. The summed E-state index contributed by atoms with van der Waals surface area (Å²) in [6.45, 7) is 1.23. The number of hydrogen-bond acceptors (Lipinski definition) is 4. The zero-order chi connectivity index (χ0) is 9.97. The fraction of sp³-hybridized carbons (Fsp3) is 0.700. The van der Waals surface area contributed by atoms with Crippen molar-refractivity contribution in [1.82, 2.24) is 9.88 Å². The highest BCUT2D eigenvalue weighted by Crippen LogP contribution is 2.29. The highest BCUT2D eigenvalue weighted by atomic mass is 16.4. The summed E-state index contributed by atoms with van der Waals surface area (Å²) in [5, 5.41) is 8.75. The van der Waals surface area contributed by atoms with E-state index in [1.54, 1.807) is 6.20 Å². The third-order valence-electron chi connectivity index (χ3n) is 2.74. The molecular formula is C10H16N2O2. The summed E-state index contributed by atoms with van der Waals surface area (Å²) < 4.78 is 5.57. The van der Waals surface area contributed by atoms with Crippen LogP contribution in [0.3, 0.4) is 0 Å². The smallest absolute Gasteiger partial charge is 0.211 e. The van der Waals surface area contributed by atoms with Gasteiger partial charge in [0.1, 0.15) is 5.76 Å². The normalized spacial score (nSPS) is 23.1. The first-order valence-corrected chi connectivity index (χ1v) is 5.07. The van der Waals surface area contributed by atoms with Crippen molar-refractivity contribution in [3.8, 4) is 0 Å². The predicted molar refractivity (Wildman–Crippen MR) is 51.9 cm³/mol. The molecule has 1 aliphatic rings. The van der Waals surface area contributed by atoms with Gasteiger partial charge in [0.2, 0.25) is 5.89 Å². The molecule has 0 aromatic carbocycles. The fourth-order valence-corrected chi connectivity index (χ4v) is 1.92. The summed E-state index contributed by atoms with van der Waals surface area (Å²) in [5.41, 5.74) is 0. The number of oxazole rings is 1. The molecule has 1 saturated heterocycles. The van der Waals surface area contributed by atoms with Gasteiger partial charge in [-0.2, -0.15) is 0 Å². The number of aliphatic hydroxyl groups excluding tert-OH is 1. The van der Waals surface area contributed by atoms with Crippen molar-refractivity contribution in [2.24, 2.45) is 0 Å². The molecule has 78 valence electrons. The first-order chi connectivity index (χ1) is 6.81. The Balaban J connectivity index is 2.08. The van der Waals surface area contributed by atoms with Crippen LogP contribution in [0.15, 0.2) is 10.6 Å². The summed E-state index contributed by atoms with van der Waals surface area (Å²) in [6.07, 6.45) is 4.61. The lowest BCUT2D eigenvalue weighted by atomic mass is 10.2. The summed E-state index contributed by atoms with van der Waals surface area (Å²) in [7, 11) is 2.09. The van der Waals surface area contributed by atoms with E-state index in [9.17, 15) is 0 Å². The molecule has 1 aliphatic heterocycles. The van der Waals surface area contributed by atoms with Crippen LogP contribution in [0.25, 0.3) is 0 Å². The Bertz CT molecular complexity index is 298. The van der Waals surface area contributed by atoms with E-state index in [0.717, 1.165) is 24.6 Å². The molecule has 2 heterocycles. The van der Waals surface area contributed by atoms with Crippen LogP contribution in [0.2, 0.25) is 0 Å². The molecule has 0 radical (unpaired) electrons. The Morgan fingerprint density at radius 3 is 3.21 bits per heavy atom. The maximum absolute atomic E-state index is 8.75. The average Bonchev–Trinajstić information content (AvgIpc) is 2.74. The Morgan fingerprint density at radius 2 is 2.57 bits per heavy atom. The standard InChI is InChI=1S/C10H16N2O2/c1-12-5-2-3-9(12)10-11-7-8(14-10)4-6-13/h7,9,13H,2-6H2,1H3. The van der Waals surface area contributed by atoms with Gasteiger partial charge in [-0.1, -0.05) is 0 Å². The molecule has 1 aromatic heterocycles. The number of aromatic nitrogens is 1. The van der Waals surface area contributed by atoms with Gasteiger partial charge in [0.15, 0.2) is 0 Å². The van der Waals surface area contributed by atoms with Gasteiger partial charge in [-0.25, -0.2) is 4.98 Å². The third kappa shape index (κ3) is 1.81. The van der Waals surface area contributed by atoms with Gasteiger partial charge in [-0.15, -0.1) is 0 Å². The number of likely N-dealkylation sites (tertiary alicyclic amines) is 1. The quantitative estimate of drug-likeness (QED) is 0.782. The third-order valence-corrected chi connectivity index (χ3v) is 2.74. The van der Waals surface area contributed by atoms with Crippen molar-refractivity contribution in [2.75, 3.05) is 20.2 Å². The molecule has 1 unspecified atom stereocenters. The highest BCUT2D eigenvalue weighted by molar-refractivity contribution is 5.00. The maximum atomic E-state index is 8.75. The van der Waals surface area contributed by atoms with Crippen molar-refractivity contribution < 1.29 is 9.52 Å². The molecular weight excluding hydrogens is 180 g/mol. The van der Waals surface area contributed by atoms with Gasteiger partial charge in [-0.3, -0.25) is 4.90 Å². The maximum Gasteiger partial charge on any atom is 0.211 e. The van der Waals surface area contributed by atoms with E-state index in [4.69, 9.17) is 9.52 Å². The van der Waals surface area contributed by atoms with Gasteiger partial charge in [0.05, 0.1) is 18.8 Å². The lowest BCUT2D eigenvalue weighted by molar-refractivity contribution is 0.252. The SMILES string of the molecule is CN1CCCC1c1ncc(CCO)o1. The van der Waals surface area contributed by atoms with Crippen LogP contribution in [0.1, 0.15) is 30.5 Å². The molecule has 0 spiro atoms. The molecule has 0 amide bonds. The van der Waals surface area contributed by atoms with Gasteiger partial charge >= 0.3 is 0 Å². The molecule has 0 bridgehead atoms. The molecule has 4 heteroatoms. The van der Waals surface area contributed by atoms with Crippen LogP contribution in [0, 0.1) is 0 Å². The molecule has 1 fully saturated rings. The predicted octanol–water partition coefficient (Wildman–Crippen LogP) is 0.976. The van der Waals surface area contributed by atoms with E-state index in [2.05, 4.69) is 16.9 Å². The number of hydrogen-bond donors (Lipinski definition) is 1. The van der Waals surface area contributed by atoms with E-state index in [-0.39, 0.29) is 6.61 Å². The van der Waals surface area contributed by atoms with Gasteiger partial charge in [-0.05, 0) is 26.4 Å². The van der Waals surface area contributed by atoms with Crippen LogP contribution in [-0.2, 0) is 6.42 Å². The van der Waals surface area contributed by atoms with Crippen molar-refractivity contribution in [2.45, 2.75) is 25.3 Å². The largest absolute Gasteiger partial charge is 0.444 e. The summed E-state index contributed by atoms with van der Waals surface area (Å²) in [5.74, 6) is 1.58. The Kier molecular flexibility index (Phi) is 2.84.